The standard InChI is InChI=1S/C15H20N4O/c1-19-9-7-14(18-19)6-8-17-15(20)10-12-2-4-13(11-16)5-3-12/h2-5,7,9H,6,8,10-11,16H2,1H3,(H,17,20). The lowest BCUT2D eigenvalue weighted by Crippen LogP contribution is -2.27. The molecule has 106 valence electrons. The van der Waals surface area contributed by atoms with Crippen LogP contribution in [-0.4, -0.2) is 22.2 Å². The first kappa shape index (κ1) is 14.3. The molecule has 0 aliphatic rings. The van der Waals surface area contributed by atoms with Gasteiger partial charge in [-0.1, -0.05) is 24.3 Å². The van der Waals surface area contributed by atoms with Crippen molar-refractivity contribution in [3.05, 3.63) is 53.3 Å². The number of hydrogen-bond donors (Lipinski definition) is 2. The van der Waals surface area contributed by atoms with Gasteiger partial charge < -0.3 is 11.1 Å². The van der Waals surface area contributed by atoms with E-state index in [1.807, 2.05) is 43.6 Å². The third kappa shape index (κ3) is 4.20. The van der Waals surface area contributed by atoms with Crippen LogP contribution in [0.25, 0.3) is 0 Å². The quantitative estimate of drug-likeness (QED) is 0.816. The zero-order chi connectivity index (χ0) is 14.4. The smallest absolute Gasteiger partial charge is 0.224 e. The summed E-state index contributed by atoms with van der Waals surface area (Å²) in [6, 6.07) is 9.76. The summed E-state index contributed by atoms with van der Waals surface area (Å²) in [6.07, 6.45) is 3.04. The van der Waals surface area contributed by atoms with Crippen LogP contribution < -0.4 is 11.1 Å². The summed E-state index contributed by atoms with van der Waals surface area (Å²) in [5.41, 5.74) is 8.59. The topological polar surface area (TPSA) is 72.9 Å². The molecule has 0 fully saturated rings. The van der Waals surface area contributed by atoms with E-state index in [0.29, 0.717) is 19.5 Å². The Bertz CT molecular complexity index is 560. The summed E-state index contributed by atoms with van der Waals surface area (Å²) in [7, 11) is 1.88. The molecule has 2 aromatic rings. The van der Waals surface area contributed by atoms with Gasteiger partial charge in [-0.3, -0.25) is 9.48 Å². The molecule has 0 saturated heterocycles. The molecule has 0 unspecified atom stereocenters. The normalized spacial score (nSPS) is 10.5. The van der Waals surface area contributed by atoms with Crippen LogP contribution in [0.2, 0.25) is 0 Å². The number of rotatable bonds is 6. The van der Waals surface area contributed by atoms with E-state index >= 15 is 0 Å². The highest BCUT2D eigenvalue weighted by Gasteiger charge is 2.04. The second-order valence-electron chi connectivity index (χ2n) is 4.78. The zero-order valence-electron chi connectivity index (χ0n) is 11.7. The van der Waals surface area contributed by atoms with E-state index in [1.54, 1.807) is 4.68 Å². The lowest BCUT2D eigenvalue weighted by atomic mass is 10.1. The number of nitrogens with one attached hydrogen (secondary N) is 1. The van der Waals surface area contributed by atoms with Gasteiger partial charge in [-0.05, 0) is 17.2 Å². The predicted octanol–water partition coefficient (Wildman–Crippen LogP) is 0.780. The molecular formula is C15H20N4O. The largest absolute Gasteiger partial charge is 0.355 e. The first-order chi connectivity index (χ1) is 9.67. The molecule has 1 aromatic carbocycles. The lowest BCUT2D eigenvalue weighted by molar-refractivity contribution is -0.120. The van der Waals surface area contributed by atoms with Crippen molar-refractivity contribution in [1.29, 1.82) is 0 Å². The molecular weight excluding hydrogens is 252 g/mol. The molecule has 0 aliphatic carbocycles. The highest BCUT2D eigenvalue weighted by atomic mass is 16.1. The van der Waals surface area contributed by atoms with Gasteiger partial charge in [0.25, 0.3) is 0 Å². The Kier molecular flexibility index (Phi) is 4.90. The van der Waals surface area contributed by atoms with Crippen LogP contribution in [0.5, 0.6) is 0 Å². The van der Waals surface area contributed by atoms with Gasteiger partial charge in [0.15, 0.2) is 0 Å². The minimum atomic E-state index is 0.0291. The van der Waals surface area contributed by atoms with Crippen LogP contribution in [0.4, 0.5) is 0 Å². The second kappa shape index (κ2) is 6.86. The van der Waals surface area contributed by atoms with Gasteiger partial charge in [-0.2, -0.15) is 5.10 Å². The number of amides is 1. The van der Waals surface area contributed by atoms with Gasteiger partial charge in [0.1, 0.15) is 0 Å². The van der Waals surface area contributed by atoms with E-state index in [4.69, 9.17) is 5.73 Å². The summed E-state index contributed by atoms with van der Waals surface area (Å²) in [5.74, 6) is 0.0291. The molecule has 0 spiro atoms. The summed E-state index contributed by atoms with van der Waals surface area (Å²) >= 11 is 0. The molecule has 1 amide bonds. The van der Waals surface area contributed by atoms with Gasteiger partial charge in [-0.25, -0.2) is 0 Å². The van der Waals surface area contributed by atoms with Crippen LogP contribution >= 0.6 is 0 Å². The minimum absolute atomic E-state index is 0.0291. The van der Waals surface area contributed by atoms with Crippen LogP contribution in [0, 0.1) is 0 Å². The number of nitrogens with zero attached hydrogens (tertiary/aromatic N) is 2. The Labute approximate surface area is 118 Å². The fourth-order valence-corrected chi connectivity index (χ4v) is 1.97. The van der Waals surface area contributed by atoms with E-state index in [-0.39, 0.29) is 5.91 Å². The molecule has 0 saturated carbocycles. The first-order valence-electron chi connectivity index (χ1n) is 6.70. The maximum Gasteiger partial charge on any atom is 0.224 e. The molecule has 0 bridgehead atoms. The Balaban J connectivity index is 1.74. The van der Waals surface area contributed by atoms with Crippen molar-refractivity contribution in [2.45, 2.75) is 19.4 Å². The SMILES string of the molecule is Cn1ccc(CCNC(=O)Cc2ccc(CN)cc2)n1. The number of hydrogen-bond acceptors (Lipinski definition) is 3. The van der Waals surface area contributed by atoms with Crippen molar-refractivity contribution in [3.63, 3.8) is 0 Å². The molecule has 0 atom stereocenters. The van der Waals surface area contributed by atoms with Crippen molar-refractivity contribution in [3.8, 4) is 0 Å². The summed E-state index contributed by atoms with van der Waals surface area (Å²) in [6.45, 7) is 1.13. The Morgan fingerprint density at radius 3 is 2.55 bits per heavy atom. The number of aryl methyl sites for hydroxylation is 1. The van der Waals surface area contributed by atoms with Gasteiger partial charge >= 0.3 is 0 Å². The summed E-state index contributed by atoms with van der Waals surface area (Å²) < 4.78 is 1.76. The van der Waals surface area contributed by atoms with Crippen molar-refractivity contribution >= 4 is 5.91 Å². The third-order valence-corrected chi connectivity index (χ3v) is 3.10. The number of nitrogens with two attached hydrogens (primary N) is 1. The van der Waals surface area contributed by atoms with Crippen molar-refractivity contribution in [2.75, 3.05) is 6.54 Å². The van der Waals surface area contributed by atoms with Crippen molar-refractivity contribution < 1.29 is 4.79 Å². The third-order valence-electron chi connectivity index (χ3n) is 3.10. The highest BCUT2D eigenvalue weighted by molar-refractivity contribution is 5.78. The fourth-order valence-electron chi connectivity index (χ4n) is 1.97. The van der Waals surface area contributed by atoms with E-state index in [2.05, 4.69) is 10.4 Å². The molecule has 5 heteroatoms. The van der Waals surface area contributed by atoms with Crippen LogP contribution in [0.1, 0.15) is 16.8 Å². The number of benzene rings is 1. The number of aromatic nitrogens is 2. The molecule has 1 aromatic heterocycles. The Morgan fingerprint density at radius 2 is 1.95 bits per heavy atom. The van der Waals surface area contributed by atoms with E-state index < -0.39 is 0 Å². The average Bonchev–Trinajstić information content (AvgIpc) is 2.85. The van der Waals surface area contributed by atoms with E-state index in [0.717, 1.165) is 23.2 Å². The maximum absolute atomic E-state index is 11.8. The molecule has 5 nitrogen and oxygen atoms in total. The minimum Gasteiger partial charge on any atom is -0.355 e. The fraction of sp³-hybridized carbons (Fsp3) is 0.333. The molecule has 2 rings (SSSR count). The summed E-state index contributed by atoms with van der Waals surface area (Å²) in [4.78, 5) is 11.8. The number of carbonyl (C=O) groups excluding carboxylic acids is 1. The maximum atomic E-state index is 11.8. The molecule has 1 heterocycles. The molecule has 20 heavy (non-hydrogen) atoms. The predicted molar refractivity (Wildman–Crippen MR) is 78.0 cm³/mol. The van der Waals surface area contributed by atoms with E-state index in [1.165, 1.54) is 0 Å². The van der Waals surface area contributed by atoms with Crippen LogP contribution in [0.15, 0.2) is 36.5 Å². The monoisotopic (exact) mass is 272 g/mol. The van der Waals surface area contributed by atoms with Gasteiger partial charge in [0, 0.05) is 32.8 Å². The average molecular weight is 272 g/mol. The Morgan fingerprint density at radius 1 is 1.25 bits per heavy atom. The molecule has 3 N–H and O–H groups in total. The highest BCUT2D eigenvalue weighted by Crippen LogP contribution is 2.04. The van der Waals surface area contributed by atoms with Gasteiger partial charge in [0.05, 0.1) is 12.1 Å². The lowest BCUT2D eigenvalue weighted by Gasteiger charge is -2.05. The summed E-state index contributed by atoms with van der Waals surface area (Å²) in [5, 5.41) is 7.17. The van der Waals surface area contributed by atoms with E-state index in [9.17, 15) is 4.79 Å². The molecule has 0 aliphatic heterocycles. The molecule has 0 radical (unpaired) electrons. The zero-order valence-corrected chi connectivity index (χ0v) is 11.7. The van der Waals surface area contributed by atoms with Gasteiger partial charge in [-0.15, -0.1) is 0 Å². The Hall–Kier alpha value is -2.14. The van der Waals surface area contributed by atoms with Crippen molar-refractivity contribution in [1.82, 2.24) is 15.1 Å². The van der Waals surface area contributed by atoms with Gasteiger partial charge in [0.2, 0.25) is 5.91 Å². The van der Waals surface area contributed by atoms with Crippen molar-refractivity contribution in [2.24, 2.45) is 12.8 Å². The number of carbonyl (C=O) groups is 1. The van der Waals surface area contributed by atoms with Crippen LogP contribution in [0.3, 0.4) is 0 Å². The van der Waals surface area contributed by atoms with Crippen LogP contribution in [-0.2, 0) is 31.2 Å². The second-order valence-corrected chi connectivity index (χ2v) is 4.78. The first-order valence-corrected chi connectivity index (χ1v) is 6.70.